The van der Waals surface area contributed by atoms with Crippen molar-refractivity contribution < 1.29 is 4.79 Å². The summed E-state index contributed by atoms with van der Waals surface area (Å²) < 4.78 is 0. The van der Waals surface area contributed by atoms with Gasteiger partial charge in [0.25, 0.3) is 0 Å². The molecule has 4 heteroatoms. The molecule has 0 radical (unpaired) electrons. The lowest BCUT2D eigenvalue weighted by molar-refractivity contribution is 0.102. The number of nitrogen functional groups attached to an aromatic ring is 1. The van der Waals surface area contributed by atoms with Gasteiger partial charge in [0.1, 0.15) is 0 Å². The number of ketones is 1. The molecule has 0 atom stereocenters. The van der Waals surface area contributed by atoms with E-state index in [2.05, 4.69) is 12.2 Å². The summed E-state index contributed by atoms with van der Waals surface area (Å²) in [6.45, 7) is 4.78. The van der Waals surface area contributed by atoms with E-state index in [1.165, 1.54) is 49.0 Å². The minimum atomic E-state index is 0.0843. The molecule has 0 aliphatic heterocycles. The molecule has 0 bridgehead atoms. The Morgan fingerprint density at radius 2 is 2.17 bits per heavy atom. The van der Waals surface area contributed by atoms with Crippen molar-refractivity contribution in [3.63, 3.8) is 0 Å². The van der Waals surface area contributed by atoms with Gasteiger partial charge >= 0.3 is 0 Å². The summed E-state index contributed by atoms with van der Waals surface area (Å²) in [6, 6.07) is 0. The fraction of sp³-hybridized carbons (Fsp3) is 0.643. The van der Waals surface area contributed by atoms with Crippen molar-refractivity contribution in [2.75, 3.05) is 17.6 Å². The maximum atomic E-state index is 11.6. The van der Waals surface area contributed by atoms with Crippen LogP contribution in [0, 0.1) is 0 Å². The number of nitrogens with two attached hydrogens (primary N) is 1. The van der Waals surface area contributed by atoms with E-state index in [4.69, 9.17) is 5.73 Å². The van der Waals surface area contributed by atoms with Gasteiger partial charge in [-0.25, -0.2) is 0 Å². The van der Waals surface area contributed by atoms with Crippen molar-refractivity contribution in [3.8, 4) is 0 Å². The molecule has 0 unspecified atom stereocenters. The second-order valence-corrected chi connectivity index (χ2v) is 6.07. The third-order valence-corrected chi connectivity index (χ3v) is 4.63. The summed E-state index contributed by atoms with van der Waals surface area (Å²) in [7, 11) is 0. The summed E-state index contributed by atoms with van der Waals surface area (Å²) in [4.78, 5) is 12.3. The van der Waals surface area contributed by atoms with Crippen LogP contribution in [0.4, 0.5) is 10.7 Å². The van der Waals surface area contributed by atoms with Crippen molar-refractivity contribution >= 4 is 27.8 Å². The zero-order chi connectivity index (χ0) is 13.1. The summed E-state index contributed by atoms with van der Waals surface area (Å²) in [5.41, 5.74) is 8.07. The first-order valence-electron chi connectivity index (χ1n) is 6.82. The van der Waals surface area contributed by atoms with Crippen LogP contribution < -0.4 is 11.1 Å². The van der Waals surface area contributed by atoms with Crippen LogP contribution in [0.2, 0.25) is 0 Å². The SMILES string of the molecule is CCCCCNc1sc(C(C)=O)c(N)c1C1CC1. The minimum absolute atomic E-state index is 0.0843. The smallest absolute Gasteiger partial charge is 0.171 e. The van der Waals surface area contributed by atoms with Crippen molar-refractivity contribution in [1.82, 2.24) is 0 Å². The largest absolute Gasteiger partial charge is 0.397 e. The Hall–Kier alpha value is -1.03. The monoisotopic (exact) mass is 266 g/mol. The van der Waals surface area contributed by atoms with Crippen molar-refractivity contribution in [2.45, 2.75) is 51.9 Å². The summed E-state index contributed by atoms with van der Waals surface area (Å²) >= 11 is 1.53. The van der Waals surface area contributed by atoms with Crippen molar-refractivity contribution in [2.24, 2.45) is 0 Å². The van der Waals surface area contributed by atoms with Crippen LogP contribution in [-0.2, 0) is 0 Å². The number of nitrogens with one attached hydrogen (secondary N) is 1. The molecule has 3 N–H and O–H groups in total. The van der Waals surface area contributed by atoms with E-state index >= 15 is 0 Å². The molecule has 0 spiro atoms. The predicted molar refractivity (Wildman–Crippen MR) is 78.7 cm³/mol. The number of rotatable bonds is 7. The van der Waals surface area contributed by atoms with Crippen LogP contribution in [0.3, 0.4) is 0 Å². The lowest BCUT2D eigenvalue weighted by atomic mass is 10.1. The van der Waals surface area contributed by atoms with Crippen LogP contribution in [0.5, 0.6) is 0 Å². The van der Waals surface area contributed by atoms with Crippen LogP contribution in [0.1, 0.15) is 67.1 Å². The van der Waals surface area contributed by atoms with E-state index in [-0.39, 0.29) is 5.78 Å². The second kappa shape index (κ2) is 5.74. The van der Waals surface area contributed by atoms with E-state index in [9.17, 15) is 4.79 Å². The Morgan fingerprint density at radius 3 is 2.72 bits per heavy atom. The van der Waals surface area contributed by atoms with E-state index in [0.717, 1.165) is 22.1 Å². The fourth-order valence-corrected chi connectivity index (χ4v) is 3.33. The highest BCUT2D eigenvalue weighted by Crippen LogP contribution is 2.50. The molecule has 0 amide bonds. The van der Waals surface area contributed by atoms with Gasteiger partial charge in [-0.2, -0.15) is 0 Å². The zero-order valence-electron chi connectivity index (χ0n) is 11.2. The quantitative estimate of drug-likeness (QED) is 0.579. The average molecular weight is 266 g/mol. The molecule has 1 aromatic rings. The number of carbonyl (C=O) groups is 1. The first-order chi connectivity index (χ1) is 8.65. The molecule has 0 aromatic carbocycles. The number of hydrogen-bond donors (Lipinski definition) is 2. The van der Waals surface area contributed by atoms with Gasteiger partial charge in [-0.15, -0.1) is 11.3 Å². The standard InChI is InChI=1S/C14H22N2OS/c1-3-4-5-8-16-14-11(10-6-7-10)12(15)13(18-14)9(2)17/h10,16H,3-8,15H2,1-2H3. The van der Waals surface area contributed by atoms with Gasteiger partial charge in [0.15, 0.2) is 5.78 Å². The average Bonchev–Trinajstić information content (AvgIpc) is 3.10. The third kappa shape index (κ3) is 2.86. The minimum Gasteiger partial charge on any atom is -0.397 e. The first-order valence-corrected chi connectivity index (χ1v) is 7.63. The van der Waals surface area contributed by atoms with E-state index in [1.54, 1.807) is 6.92 Å². The third-order valence-electron chi connectivity index (χ3n) is 3.35. The molecule has 1 fully saturated rings. The number of carbonyl (C=O) groups excluding carboxylic acids is 1. The van der Waals surface area contributed by atoms with Crippen LogP contribution in [-0.4, -0.2) is 12.3 Å². The maximum Gasteiger partial charge on any atom is 0.171 e. The molecular formula is C14H22N2OS. The summed E-state index contributed by atoms with van der Waals surface area (Å²) in [5.74, 6) is 0.670. The van der Waals surface area contributed by atoms with E-state index in [1.807, 2.05) is 0 Å². The zero-order valence-corrected chi connectivity index (χ0v) is 12.0. The highest BCUT2D eigenvalue weighted by Gasteiger charge is 2.32. The lowest BCUT2D eigenvalue weighted by Crippen LogP contribution is -2.02. The molecule has 3 nitrogen and oxygen atoms in total. The Morgan fingerprint density at radius 1 is 1.44 bits per heavy atom. The predicted octanol–water partition coefficient (Wildman–Crippen LogP) is 4.01. The molecule has 1 aromatic heterocycles. The molecule has 2 rings (SSSR count). The van der Waals surface area contributed by atoms with E-state index < -0.39 is 0 Å². The Kier molecular flexibility index (Phi) is 4.27. The van der Waals surface area contributed by atoms with Gasteiger partial charge in [-0.05, 0) is 25.2 Å². The van der Waals surface area contributed by atoms with Crippen molar-refractivity contribution in [3.05, 3.63) is 10.4 Å². The molecule has 100 valence electrons. The van der Waals surface area contributed by atoms with Gasteiger partial charge in [0.2, 0.25) is 0 Å². The number of Topliss-reactive ketones (excluding diaryl/α,β-unsaturated/α-hetero) is 1. The molecule has 18 heavy (non-hydrogen) atoms. The fourth-order valence-electron chi connectivity index (χ4n) is 2.20. The summed E-state index contributed by atoms with van der Waals surface area (Å²) in [6.07, 6.45) is 6.06. The van der Waals surface area contributed by atoms with Gasteiger partial charge in [-0.1, -0.05) is 19.8 Å². The molecule has 1 heterocycles. The van der Waals surface area contributed by atoms with Crippen LogP contribution >= 0.6 is 11.3 Å². The second-order valence-electron chi connectivity index (χ2n) is 5.05. The summed E-state index contributed by atoms with van der Waals surface area (Å²) in [5, 5.41) is 4.61. The topological polar surface area (TPSA) is 55.1 Å². The normalized spacial score (nSPS) is 14.8. The van der Waals surface area contributed by atoms with Gasteiger partial charge in [0, 0.05) is 19.0 Å². The molecule has 1 saturated carbocycles. The maximum absolute atomic E-state index is 11.6. The molecule has 1 aliphatic carbocycles. The highest BCUT2D eigenvalue weighted by atomic mass is 32.1. The Labute approximate surface area is 113 Å². The van der Waals surface area contributed by atoms with E-state index in [0.29, 0.717) is 5.92 Å². The molecule has 0 saturated heterocycles. The number of hydrogen-bond acceptors (Lipinski definition) is 4. The van der Waals surface area contributed by atoms with Gasteiger partial charge in [-0.3, -0.25) is 4.79 Å². The number of thiophene rings is 1. The Balaban J connectivity index is 2.12. The van der Waals surface area contributed by atoms with Crippen LogP contribution in [0.25, 0.3) is 0 Å². The number of anilines is 2. The van der Waals surface area contributed by atoms with Crippen molar-refractivity contribution in [1.29, 1.82) is 0 Å². The first kappa shape index (κ1) is 13.4. The highest BCUT2D eigenvalue weighted by molar-refractivity contribution is 7.18. The van der Waals surface area contributed by atoms with Gasteiger partial charge in [0.05, 0.1) is 15.6 Å². The Bertz CT molecular complexity index is 435. The van der Waals surface area contributed by atoms with Gasteiger partial charge < -0.3 is 11.1 Å². The lowest BCUT2D eigenvalue weighted by Gasteiger charge is -2.06. The molecular weight excluding hydrogens is 244 g/mol. The molecule has 1 aliphatic rings. The number of unbranched alkanes of at least 4 members (excludes halogenated alkanes) is 2. The van der Waals surface area contributed by atoms with Crippen LogP contribution in [0.15, 0.2) is 0 Å².